The van der Waals surface area contributed by atoms with Gasteiger partial charge in [0, 0.05) is 23.7 Å². The van der Waals surface area contributed by atoms with Gasteiger partial charge in [0.2, 0.25) is 0 Å². The number of ether oxygens (including phenoxy) is 1. The second-order valence-electron chi connectivity index (χ2n) is 4.71. The van der Waals surface area contributed by atoms with Gasteiger partial charge in [0.1, 0.15) is 0 Å². The number of alkyl halides is 2. The molecule has 1 aliphatic rings. The summed E-state index contributed by atoms with van der Waals surface area (Å²) in [5.74, 6) is -4.15. The van der Waals surface area contributed by atoms with Gasteiger partial charge < -0.3 is 15.4 Å². The van der Waals surface area contributed by atoms with Crippen LogP contribution in [0.15, 0.2) is 29.2 Å². The number of anilines is 1. The maximum atomic E-state index is 12.3. The molecule has 1 saturated heterocycles. The first-order valence-corrected chi connectivity index (χ1v) is 7.68. The Morgan fingerprint density at radius 2 is 2.18 bits per heavy atom. The van der Waals surface area contributed by atoms with Crippen LogP contribution in [-0.2, 0) is 14.3 Å². The van der Waals surface area contributed by atoms with Crippen molar-refractivity contribution in [1.82, 2.24) is 5.32 Å². The Bertz CT molecular complexity index is 537. The molecular formula is C14H16F2N2O3S. The smallest absolute Gasteiger partial charge is 0.313 e. The van der Waals surface area contributed by atoms with E-state index in [1.807, 2.05) is 0 Å². The van der Waals surface area contributed by atoms with Crippen LogP contribution < -0.4 is 10.6 Å². The highest BCUT2D eigenvalue weighted by Gasteiger charge is 2.19. The van der Waals surface area contributed by atoms with Crippen LogP contribution in [0.1, 0.15) is 12.8 Å². The molecule has 5 nitrogen and oxygen atoms in total. The van der Waals surface area contributed by atoms with Crippen LogP contribution in [0.3, 0.4) is 0 Å². The van der Waals surface area contributed by atoms with E-state index in [2.05, 4.69) is 10.6 Å². The zero-order valence-electron chi connectivity index (χ0n) is 11.7. The second kappa shape index (κ2) is 8.09. The third-order valence-corrected chi connectivity index (χ3v) is 3.74. The molecule has 0 bridgehead atoms. The van der Waals surface area contributed by atoms with Crippen LogP contribution in [0, 0.1) is 0 Å². The first kappa shape index (κ1) is 16.7. The Morgan fingerprint density at radius 3 is 2.86 bits per heavy atom. The summed E-state index contributed by atoms with van der Waals surface area (Å²) in [6.45, 7) is 0.953. The standard InChI is InChI=1S/C14H16F2N2O3S/c15-14(16)22-11-5-1-3-9(7-11)18-13(20)12(19)17-8-10-4-2-6-21-10/h1,3,5,7,10,14H,2,4,6,8H2,(H,17,19)(H,18,20). The fraction of sp³-hybridized carbons (Fsp3) is 0.429. The lowest BCUT2D eigenvalue weighted by Crippen LogP contribution is -2.39. The summed E-state index contributed by atoms with van der Waals surface area (Å²) in [5, 5.41) is 4.87. The van der Waals surface area contributed by atoms with Crippen molar-refractivity contribution >= 4 is 29.3 Å². The van der Waals surface area contributed by atoms with Gasteiger partial charge in [-0.15, -0.1) is 0 Å². The predicted molar refractivity (Wildman–Crippen MR) is 78.9 cm³/mol. The van der Waals surface area contributed by atoms with E-state index in [1.165, 1.54) is 24.3 Å². The molecular weight excluding hydrogens is 314 g/mol. The van der Waals surface area contributed by atoms with Crippen molar-refractivity contribution in [2.45, 2.75) is 29.6 Å². The Labute approximate surface area is 130 Å². The molecule has 1 unspecified atom stereocenters. The Kier molecular flexibility index (Phi) is 6.14. The van der Waals surface area contributed by atoms with E-state index in [0.29, 0.717) is 29.0 Å². The average molecular weight is 330 g/mol. The van der Waals surface area contributed by atoms with Gasteiger partial charge in [-0.2, -0.15) is 8.78 Å². The minimum absolute atomic E-state index is 0.0532. The number of carbonyl (C=O) groups excluding carboxylic acids is 2. The minimum atomic E-state index is -2.54. The molecule has 2 N–H and O–H groups in total. The molecule has 22 heavy (non-hydrogen) atoms. The normalized spacial score (nSPS) is 17.5. The van der Waals surface area contributed by atoms with Crippen LogP contribution >= 0.6 is 11.8 Å². The first-order chi connectivity index (χ1) is 10.5. The van der Waals surface area contributed by atoms with Crippen molar-refractivity contribution < 1.29 is 23.1 Å². The Morgan fingerprint density at radius 1 is 1.36 bits per heavy atom. The van der Waals surface area contributed by atoms with Gasteiger partial charge in [0.25, 0.3) is 5.76 Å². The molecule has 1 aliphatic heterocycles. The van der Waals surface area contributed by atoms with E-state index in [1.54, 1.807) is 0 Å². The summed E-state index contributed by atoms with van der Waals surface area (Å²) in [5.41, 5.74) is 0.294. The third-order valence-electron chi connectivity index (χ3n) is 3.04. The second-order valence-corrected chi connectivity index (χ2v) is 5.77. The molecule has 8 heteroatoms. The van der Waals surface area contributed by atoms with Gasteiger partial charge in [-0.1, -0.05) is 17.8 Å². The fourth-order valence-corrected chi connectivity index (χ4v) is 2.59. The number of halogens is 2. The van der Waals surface area contributed by atoms with Gasteiger partial charge in [0.05, 0.1) is 6.10 Å². The van der Waals surface area contributed by atoms with Crippen LogP contribution in [0.4, 0.5) is 14.5 Å². The van der Waals surface area contributed by atoms with E-state index < -0.39 is 17.6 Å². The quantitative estimate of drug-likeness (QED) is 0.642. The maximum Gasteiger partial charge on any atom is 0.313 e. The van der Waals surface area contributed by atoms with Crippen LogP contribution in [-0.4, -0.2) is 36.8 Å². The first-order valence-electron chi connectivity index (χ1n) is 6.80. The molecule has 0 radical (unpaired) electrons. The summed E-state index contributed by atoms with van der Waals surface area (Å²) in [4.78, 5) is 23.7. The van der Waals surface area contributed by atoms with Crippen molar-refractivity contribution in [3.63, 3.8) is 0 Å². The molecule has 0 aliphatic carbocycles. The summed E-state index contributed by atoms with van der Waals surface area (Å²) in [7, 11) is 0. The number of hydrogen-bond donors (Lipinski definition) is 2. The number of thioether (sulfide) groups is 1. The van der Waals surface area contributed by atoms with E-state index in [9.17, 15) is 18.4 Å². The van der Waals surface area contributed by atoms with Crippen molar-refractivity contribution in [1.29, 1.82) is 0 Å². The highest BCUT2D eigenvalue weighted by Crippen LogP contribution is 2.27. The third kappa shape index (κ3) is 5.27. The highest BCUT2D eigenvalue weighted by molar-refractivity contribution is 7.99. The van der Waals surface area contributed by atoms with E-state index in [-0.39, 0.29) is 12.6 Å². The van der Waals surface area contributed by atoms with Crippen molar-refractivity contribution in [3.8, 4) is 0 Å². The monoisotopic (exact) mass is 330 g/mol. The summed E-state index contributed by atoms with van der Waals surface area (Å²) in [6.07, 6.45) is 1.75. The lowest BCUT2D eigenvalue weighted by Gasteiger charge is -2.11. The van der Waals surface area contributed by atoms with Crippen LogP contribution in [0.25, 0.3) is 0 Å². The zero-order chi connectivity index (χ0) is 15.9. The Hall–Kier alpha value is -1.67. The van der Waals surface area contributed by atoms with Gasteiger partial charge in [0.15, 0.2) is 0 Å². The average Bonchev–Trinajstić information content (AvgIpc) is 2.97. The molecule has 0 spiro atoms. The van der Waals surface area contributed by atoms with E-state index in [4.69, 9.17) is 4.74 Å². The maximum absolute atomic E-state index is 12.3. The van der Waals surface area contributed by atoms with Gasteiger partial charge in [-0.25, -0.2) is 0 Å². The molecule has 0 aromatic heterocycles. The number of hydrogen-bond acceptors (Lipinski definition) is 4. The number of carbonyl (C=O) groups is 2. The van der Waals surface area contributed by atoms with Crippen molar-refractivity contribution in [2.75, 3.05) is 18.5 Å². The van der Waals surface area contributed by atoms with Crippen molar-refractivity contribution in [3.05, 3.63) is 24.3 Å². The lowest BCUT2D eigenvalue weighted by molar-refractivity contribution is -0.136. The molecule has 1 aromatic rings. The largest absolute Gasteiger partial charge is 0.376 e. The van der Waals surface area contributed by atoms with E-state index >= 15 is 0 Å². The summed E-state index contributed by atoms with van der Waals surface area (Å²) in [6, 6.07) is 5.96. The molecule has 0 saturated carbocycles. The van der Waals surface area contributed by atoms with Crippen LogP contribution in [0.2, 0.25) is 0 Å². The number of amides is 2. The summed E-state index contributed by atoms with van der Waals surface area (Å²) >= 11 is 0.373. The molecule has 1 atom stereocenters. The fourth-order valence-electron chi connectivity index (χ4n) is 2.03. The molecule has 1 heterocycles. The minimum Gasteiger partial charge on any atom is -0.376 e. The summed E-state index contributed by atoms with van der Waals surface area (Å²) < 4.78 is 29.9. The van der Waals surface area contributed by atoms with Crippen LogP contribution in [0.5, 0.6) is 0 Å². The highest BCUT2D eigenvalue weighted by atomic mass is 32.2. The molecule has 2 amide bonds. The zero-order valence-corrected chi connectivity index (χ0v) is 12.5. The number of benzene rings is 1. The van der Waals surface area contributed by atoms with Gasteiger partial charge in [-0.05, 0) is 31.0 Å². The number of nitrogens with one attached hydrogen (secondary N) is 2. The Balaban J connectivity index is 1.83. The predicted octanol–water partition coefficient (Wildman–Crippen LogP) is 2.23. The molecule has 120 valence electrons. The molecule has 1 fully saturated rings. The van der Waals surface area contributed by atoms with E-state index in [0.717, 1.165) is 12.8 Å². The van der Waals surface area contributed by atoms with Gasteiger partial charge >= 0.3 is 11.8 Å². The lowest BCUT2D eigenvalue weighted by atomic mass is 10.2. The number of rotatable bonds is 5. The molecule has 2 rings (SSSR count). The topological polar surface area (TPSA) is 67.4 Å². The van der Waals surface area contributed by atoms with Gasteiger partial charge in [-0.3, -0.25) is 9.59 Å². The SMILES string of the molecule is O=C(NCC1CCCO1)C(=O)Nc1cccc(SC(F)F)c1. The van der Waals surface area contributed by atoms with Crippen molar-refractivity contribution in [2.24, 2.45) is 0 Å². The molecule has 1 aromatic carbocycles.